The first-order valence-corrected chi connectivity index (χ1v) is 5.86. The van der Waals surface area contributed by atoms with Gasteiger partial charge in [0.15, 0.2) is 5.78 Å². The third kappa shape index (κ3) is 2.61. The maximum atomic E-state index is 11.8. The Morgan fingerprint density at radius 1 is 1.19 bits per heavy atom. The van der Waals surface area contributed by atoms with Gasteiger partial charge in [0.1, 0.15) is 5.76 Å². The quantitative estimate of drug-likeness (QED) is 0.489. The Kier molecular flexibility index (Phi) is 3.56. The number of carbonyl (C=O) groups excluding carboxylic acids is 1. The monoisotopic (exact) mass is 324 g/mol. The third-order valence-electron chi connectivity index (χ3n) is 2.08. The SMILES string of the molecule is O=C(/C=C/c1ccco1)c1ccccc1I. The molecular formula is C13H9IO2. The van der Waals surface area contributed by atoms with Crippen LogP contribution in [-0.2, 0) is 0 Å². The summed E-state index contributed by atoms with van der Waals surface area (Å²) in [4.78, 5) is 11.8. The Labute approximate surface area is 107 Å². The zero-order chi connectivity index (χ0) is 11.4. The van der Waals surface area contributed by atoms with E-state index in [0.717, 1.165) is 3.57 Å². The number of carbonyl (C=O) groups is 1. The number of hydrogen-bond donors (Lipinski definition) is 0. The summed E-state index contributed by atoms with van der Waals surface area (Å²) in [6.07, 6.45) is 4.78. The van der Waals surface area contributed by atoms with Gasteiger partial charge in [-0.2, -0.15) is 0 Å². The molecule has 3 heteroatoms. The van der Waals surface area contributed by atoms with Crippen LogP contribution in [0.1, 0.15) is 16.1 Å². The molecule has 0 fully saturated rings. The molecule has 0 saturated carbocycles. The van der Waals surface area contributed by atoms with Crippen molar-refractivity contribution in [2.45, 2.75) is 0 Å². The summed E-state index contributed by atoms with van der Waals surface area (Å²) < 4.78 is 6.06. The van der Waals surface area contributed by atoms with Crippen molar-refractivity contribution in [2.24, 2.45) is 0 Å². The lowest BCUT2D eigenvalue weighted by Crippen LogP contribution is -1.96. The molecule has 0 spiro atoms. The van der Waals surface area contributed by atoms with E-state index in [9.17, 15) is 4.79 Å². The number of rotatable bonds is 3. The molecule has 2 nitrogen and oxygen atoms in total. The van der Waals surface area contributed by atoms with Crippen molar-refractivity contribution in [3.05, 3.63) is 63.6 Å². The van der Waals surface area contributed by atoms with Crippen LogP contribution in [0.5, 0.6) is 0 Å². The fraction of sp³-hybridized carbons (Fsp3) is 0. The van der Waals surface area contributed by atoms with Crippen LogP contribution in [0.2, 0.25) is 0 Å². The van der Waals surface area contributed by atoms with Crippen molar-refractivity contribution < 1.29 is 9.21 Å². The molecule has 0 aliphatic rings. The molecule has 0 saturated heterocycles. The topological polar surface area (TPSA) is 30.2 Å². The Hall–Kier alpha value is -1.36. The first-order chi connectivity index (χ1) is 7.77. The molecule has 80 valence electrons. The summed E-state index contributed by atoms with van der Waals surface area (Å²) in [6, 6.07) is 11.1. The molecule has 1 aromatic heterocycles. The number of halogens is 1. The van der Waals surface area contributed by atoms with Crippen LogP contribution in [0.15, 0.2) is 53.2 Å². The maximum Gasteiger partial charge on any atom is 0.187 e. The van der Waals surface area contributed by atoms with Gasteiger partial charge in [0.05, 0.1) is 6.26 Å². The highest BCUT2D eigenvalue weighted by Crippen LogP contribution is 2.13. The number of benzene rings is 1. The van der Waals surface area contributed by atoms with E-state index in [-0.39, 0.29) is 5.78 Å². The zero-order valence-corrected chi connectivity index (χ0v) is 10.5. The molecule has 0 aliphatic heterocycles. The van der Waals surface area contributed by atoms with Crippen LogP contribution < -0.4 is 0 Å². The molecule has 0 amide bonds. The van der Waals surface area contributed by atoms with E-state index in [2.05, 4.69) is 22.6 Å². The van der Waals surface area contributed by atoms with Crippen molar-refractivity contribution in [1.82, 2.24) is 0 Å². The summed E-state index contributed by atoms with van der Waals surface area (Å²) >= 11 is 2.15. The van der Waals surface area contributed by atoms with Crippen LogP contribution in [0.3, 0.4) is 0 Å². The number of allylic oxidation sites excluding steroid dienone is 1. The smallest absolute Gasteiger partial charge is 0.187 e. The second-order valence-corrected chi connectivity index (χ2v) is 4.36. The van der Waals surface area contributed by atoms with E-state index in [4.69, 9.17) is 4.42 Å². The van der Waals surface area contributed by atoms with Gasteiger partial charge in [-0.25, -0.2) is 0 Å². The second-order valence-electron chi connectivity index (χ2n) is 3.19. The Balaban J connectivity index is 2.18. The van der Waals surface area contributed by atoms with Crippen molar-refractivity contribution in [2.75, 3.05) is 0 Å². The van der Waals surface area contributed by atoms with Gasteiger partial charge in [0.2, 0.25) is 0 Å². The van der Waals surface area contributed by atoms with E-state index in [0.29, 0.717) is 11.3 Å². The normalized spacial score (nSPS) is 10.8. The van der Waals surface area contributed by atoms with Crippen LogP contribution in [-0.4, -0.2) is 5.78 Å². The number of ketones is 1. The minimum Gasteiger partial charge on any atom is -0.465 e. The van der Waals surface area contributed by atoms with E-state index >= 15 is 0 Å². The Morgan fingerprint density at radius 3 is 2.69 bits per heavy atom. The average Bonchev–Trinajstić information content (AvgIpc) is 2.79. The van der Waals surface area contributed by atoms with Gasteiger partial charge < -0.3 is 4.42 Å². The summed E-state index contributed by atoms with van der Waals surface area (Å²) in [5, 5.41) is 0. The summed E-state index contributed by atoms with van der Waals surface area (Å²) in [6.45, 7) is 0. The molecule has 0 atom stereocenters. The lowest BCUT2D eigenvalue weighted by molar-refractivity contribution is 0.104. The first-order valence-electron chi connectivity index (χ1n) is 4.78. The Bertz CT molecular complexity index is 512. The van der Waals surface area contributed by atoms with Gasteiger partial charge in [-0.05, 0) is 59.0 Å². The van der Waals surface area contributed by atoms with Gasteiger partial charge in [-0.1, -0.05) is 12.1 Å². The molecule has 0 unspecified atom stereocenters. The second kappa shape index (κ2) is 5.12. The molecule has 0 N–H and O–H groups in total. The van der Waals surface area contributed by atoms with Crippen LogP contribution >= 0.6 is 22.6 Å². The highest BCUT2D eigenvalue weighted by Gasteiger charge is 2.05. The van der Waals surface area contributed by atoms with Gasteiger partial charge >= 0.3 is 0 Å². The van der Waals surface area contributed by atoms with Gasteiger partial charge in [-0.3, -0.25) is 4.79 Å². The average molecular weight is 324 g/mol. The van der Waals surface area contributed by atoms with Gasteiger partial charge in [0, 0.05) is 9.13 Å². The fourth-order valence-electron chi connectivity index (χ4n) is 1.29. The van der Waals surface area contributed by atoms with Crippen molar-refractivity contribution in [3.63, 3.8) is 0 Å². The molecule has 0 bridgehead atoms. The lowest BCUT2D eigenvalue weighted by Gasteiger charge is -1.98. The summed E-state index contributed by atoms with van der Waals surface area (Å²) in [7, 11) is 0. The van der Waals surface area contributed by atoms with E-state index in [1.165, 1.54) is 6.08 Å². The highest BCUT2D eigenvalue weighted by molar-refractivity contribution is 14.1. The van der Waals surface area contributed by atoms with E-state index < -0.39 is 0 Å². The standard InChI is InChI=1S/C13H9IO2/c14-12-6-2-1-5-11(12)13(15)8-7-10-4-3-9-16-10/h1-9H/b8-7+. The summed E-state index contributed by atoms with van der Waals surface area (Å²) in [5.74, 6) is 0.667. The molecule has 1 heterocycles. The van der Waals surface area contributed by atoms with Crippen molar-refractivity contribution >= 4 is 34.5 Å². The largest absolute Gasteiger partial charge is 0.465 e. The predicted octanol–water partition coefficient (Wildman–Crippen LogP) is 3.78. The Morgan fingerprint density at radius 2 is 2.00 bits per heavy atom. The molecule has 0 aliphatic carbocycles. The zero-order valence-electron chi connectivity index (χ0n) is 8.39. The molecule has 0 radical (unpaired) electrons. The predicted molar refractivity (Wildman–Crippen MR) is 71.2 cm³/mol. The van der Waals surface area contributed by atoms with Gasteiger partial charge in [0.25, 0.3) is 0 Å². The van der Waals surface area contributed by atoms with Crippen molar-refractivity contribution in [1.29, 1.82) is 0 Å². The maximum absolute atomic E-state index is 11.8. The van der Waals surface area contributed by atoms with E-state index in [1.807, 2.05) is 24.3 Å². The first kappa shape index (κ1) is 11.1. The third-order valence-corrected chi connectivity index (χ3v) is 3.02. The number of hydrogen-bond acceptors (Lipinski definition) is 2. The molecular weight excluding hydrogens is 315 g/mol. The van der Waals surface area contributed by atoms with Crippen molar-refractivity contribution in [3.8, 4) is 0 Å². The fourth-order valence-corrected chi connectivity index (χ4v) is 1.95. The molecule has 16 heavy (non-hydrogen) atoms. The molecule has 2 rings (SSSR count). The van der Waals surface area contributed by atoms with Crippen LogP contribution in [0, 0.1) is 3.57 Å². The van der Waals surface area contributed by atoms with Crippen LogP contribution in [0.4, 0.5) is 0 Å². The molecule has 1 aromatic carbocycles. The minimum absolute atomic E-state index is 0.0126. The lowest BCUT2D eigenvalue weighted by atomic mass is 10.1. The van der Waals surface area contributed by atoms with E-state index in [1.54, 1.807) is 24.5 Å². The van der Waals surface area contributed by atoms with Crippen LogP contribution in [0.25, 0.3) is 6.08 Å². The minimum atomic E-state index is -0.0126. The summed E-state index contributed by atoms with van der Waals surface area (Å²) in [5.41, 5.74) is 0.714. The molecule has 2 aromatic rings. The highest BCUT2D eigenvalue weighted by atomic mass is 127. The van der Waals surface area contributed by atoms with Gasteiger partial charge in [-0.15, -0.1) is 0 Å². The number of furan rings is 1.